The van der Waals surface area contributed by atoms with E-state index in [0.29, 0.717) is 11.7 Å². The molecule has 3 heteroatoms. The highest BCUT2D eigenvalue weighted by Crippen LogP contribution is 2.36. The van der Waals surface area contributed by atoms with Crippen molar-refractivity contribution in [2.24, 2.45) is 5.92 Å². The fraction of sp³-hybridized carbons (Fsp3) is 0.438. The highest BCUT2D eigenvalue weighted by atomic mass is 19.2. The fourth-order valence-corrected chi connectivity index (χ4v) is 5.79. The third-order valence-corrected chi connectivity index (χ3v) is 7.55. The van der Waals surface area contributed by atoms with Crippen LogP contribution in [0.1, 0.15) is 66.8 Å². The molecule has 0 aliphatic heterocycles. The Labute approximate surface area is 209 Å². The summed E-state index contributed by atoms with van der Waals surface area (Å²) in [5.41, 5.74) is 10.1. The predicted octanol–water partition coefficient (Wildman–Crippen LogP) is 9.06. The molecule has 1 aliphatic carbocycles. The van der Waals surface area contributed by atoms with Gasteiger partial charge in [-0.1, -0.05) is 37.3 Å². The van der Waals surface area contributed by atoms with E-state index < -0.39 is 11.6 Å². The maximum Gasteiger partial charge on any atom is 0.159 e. The van der Waals surface area contributed by atoms with Crippen LogP contribution in [-0.4, -0.2) is 12.7 Å². The zero-order chi connectivity index (χ0) is 25.1. The number of rotatable bonds is 7. The summed E-state index contributed by atoms with van der Waals surface area (Å²) in [6.07, 6.45) is 7.54. The molecule has 3 aromatic rings. The van der Waals surface area contributed by atoms with Crippen molar-refractivity contribution in [3.8, 4) is 22.3 Å². The first kappa shape index (κ1) is 25.6. The van der Waals surface area contributed by atoms with Gasteiger partial charge in [-0.2, -0.15) is 0 Å². The third kappa shape index (κ3) is 6.01. The Morgan fingerprint density at radius 1 is 0.714 bits per heavy atom. The fourth-order valence-electron chi connectivity index (χ4n) is 5.79. The van der Waals surface area contributed by atoms with Crippen LogP contribution < -0.4 is 0 Å². The van der Waals surface area contributed by atoms with Crippen LogP contribution in [-0.2, 0) is 11.2 Å². The normalized spacial score (nSPS) is 18.1. The predicted molar refractivity (Wildman–Crippen MR) is 142 cm³/mol. The molecule has 0 aromatic heterocycles. The largest absolute Gasteiger partial charge is 0.378 e. The minimum absolute atomic E-state index is 0.456. The van der Waals surface area contributed by atoms with E-state index in [1.54, 1.807) is 6.07 Å². The second-order valence-electron chi connectivity index (χ2n) is 10.6. The van der Waals surface area contributed by atoms with E-state index in [2.05, 4.69) is 45.0 Å². The number of ether oxygens (including phenoxy) is 1. The summed E-state index contributed by atoms with van der Waals surface area (Å²) in [6.45, 7) is 11.6. The summed E-state index contributed by atoms with van der Waals surface area (Å²) in [4.78, 5) is 0. The maximum absolute atomic E-state index is 13.9. The smallest absolute Gasteiger partial charge is 0.159 e. The highest BCUT2D eigenvalue weighted by Gasteiger charge is 2.18. The Hall–Kier alpha value is -2.52. The van der Waals surface area contributed by atoms with Crippen molar-refractivity contribution < 1.29 is 13.5 Å². The van der Waals surface area contributed by atoms with Gasteiger partial charge in [-0.3, -0.25) is 0 Å². The monoisotopic (exact) mass is 476 g/mol. The molecule has 0 unspecified atom stereocenters. The molecule has 0 radical (unpaired) electrons. The molecule has 0 N–H and O–H groups in total. The van der Waals surface area contributed by atoms with E-state index in [1.807, 2.05) is 13.8 Å². The summed E-state index contributed by atoms with van der Waals surface area (Å²) in [5, 5.41) is 0. The molecule has 0 amide bonds. The van der Waals surface area contributed by atoms with Gasteiger partial charge in [-0.25, -0.2) is 8.78 Å². The van der Waals surface area contributed by atoms with Gasteiger partial charge in [0.2, 0.25) is 0 Å². The zero-order valence-corrected chi connectivity index (χ0v) is 21.8. The summed E-state index contributed by atoms with van der Waals surface area (Å²) >= 11 is 0. The van der Waals surface area contributed by atoms with E-state index in [-0.39, 0.29) is 0 Å². The molecule has 186 valence electrons. The molecular formula is C32H38F2O. The van der Waals surface area contributed by atoms with Crippen LogP contribution in [0.3, 0.4) is 0 Å². The first-order chi connectivity index (χ1) is 16.7. The lowest BCUT2D eigenvalue weighted by Crippen LogP contribution is -2.21. The number of hydrogen-bond donors (Lipinski definition) is 0. The van der Waals surface area contributed by atoms with E-state index in [1.165, 1.54) is 65.6 Å². The highest BCUT2D eigenvalue weighted by molar-refractivity contribution is 5.79. The van der Waals surface area contributed by atoms with Gasteiger partial charge in [-0.15, -0.1) is 0 Å². The van der Waals surface area contributed by atoms with Crippen LogP contribution >= 0.6 is 0 Å². The van der Waals surface area contributed by atoms with Crippen molar-refractivity contribution in [1.29, 1.82) is 0 Å². The van der Waals surface area contributed by atoms with Crippen molar-refractivity contribution in [2.75, 3.05) is 6.61 Å². The van der Waals surface area contributed by atoms with Crippen LogP contribution in [0.2, 0.25) is 0 Å². The first-order valence-corrected chi connectivity index (χ1v) is 13.0. The molecule has 35 heavy (non-hydrogen) atoms. The lowest BCUT2D eigenvalue weighted by atomic mass is 9.87. The number of benzene rings is 3. The van der Waals surface area contributed by atoms with E-state index in [0.717, 1.165) is 42.1 Å². The van der Waals surface area contributed by atoms with Gasteiger partial charge in [0.15, 0.2) is 11.6 Å². The molecule has 1 saturated carbocycles. The van der Waals surface area contributed by atoms with Crippen LogP contribution in [0.25, 0.3) is 22.3 Å². The van der Waals surface area contributed by atoms with Crippen molar-refractivity contribution >= 4 is 0 Å². The van der Waals surface area contributed by atoms with E-state index in [9.17, 15) is 8.78 Å². The van der Waals surface area contributed by atoms with Gasteiger partial charge in [0.25, 0.3) is 0 Å². The number of aryl methyl sites for hydroxylation is 5. The van der Waals surface area contributed by atoms with Gasteiger partial charge in [-0.05, 0) is 134 Å². The topological polar surface area (TPSA) is 9.23 Å². The van der Waals surface area contributed by atoms with Crippen molar-refractivity contribution in [3.05, 3.63) is 81.9 Å². The maximum atomic E-state index is 13.9. The van der Waals surface area contributed by atoms with Gasteiger partial charge < -0.3 is 4.74 Å². The molecule has 4 rings (SSSR count). The molecule has 0 spiro atoms. The van der Waals surface area contributed by atoms with E-state index in [4.69, 9.17) is 4.74 Å². The van der Waals surface area contributed by atoms with Crippen LogP contribution in [0.5, 0.6) is 0 Å². The second kappa shape index (κ2) is 11.0. The molecule has 3 aromatic carbocycles. The van der Waals surface area contributed by atoms with E-state index >= 15 is 0 Å². The molecular weight excluding hydrogens is 438 g/mol. The van der Waals surface area contributed by atoms with Crippen LogP contribution in [0.4, 0.5) is 8.78 Å². The molecule has 0 bridgehead atoms. The minimum Gasteiger partial charge on any atom is -0.378 e. The van der Waals surface area contributed by atoms with Crippen molar-refractivity contribution in [3.63, 3.8) is 0 Å². The van der Waals surface area contributed by atoms with Crippen molar-refractivity contribution in [1.82, 2.24) is 0 Å². The van der Waals surface area contributed by atoms with Crippen LogP contribution in [0.15, 0.2) is 42.5 Å². The third-order valence-electron chi connectivity index (χ3n) is 7.55. The summed E-state index contributed by atoms with van der Waals surface area (Å²) in [7, 11) is 0. The standard InChI is InChI=1S/C32H38F2O/c1-20-8-11-28(12-9-20)35-14-6-7-25-15-21(2)32(22(3)16-25)27-17-23(4)31(24(5)18-27)26-10-13-29(33)30(34)19-26/h10,13,15-20,28H,6-9,11-12,14H2,1-5H3. The quantitative estimate of drug-likeness (QED) is 0.309. The summed E-state index contributed by atoms with van der Waals surface area (Å²) < 4.78 is 33.4. The van der Waals surface area contributed by atoms with Gasteiger partial charge in [0.1, 0.15) is 0 Å². The summed E-state index contributed by atoms with van der Waals surface area (Å²) in [5.74, 6) is -0.775. The second-order valence-corrected chi connectivity index (χ2v) is 10.6. The molecule has 1 fully saturated rings. The lowest BCUT2D eigenvalue weighted by molar-refractivity contribution is 0.0188. The van der Waals surface area contributed by atoms with Gasteiger partial charge in [0, 0.05) is 6.61 Å². The van der Waals surface area contributed by atoms with Crippen molar-refractivity contribution in [2.45, 2.75) is 79.2 Å². The van der Waals surface area contributed by atoms with Crippen LogP contribution in [0, 0.1) is 45.2 Å². The molecule has 1 aliphatic rings. The average Bonchev–Trinajstić information content (AvgIpc) is 2.79. The Morgan fingerprint density at radius 2 is 1.29 bits per heavy atom. The number of hydrogen-bond acceptors (Lipinski definition) is 1. The molecule has 1 nitrogen and oxygen atoms in total. The zero-order valence-electron chi connectivity index (χ0n) is 21.8. The minimum atomic E-state index is -0.817. The van der Waals surface area contributed by atoms with Gasteiger partial charge >= 0.3 is 0 Å². The average molecular weight is 477 g/mol. The molecule has 0 saturated heterocycles. The Bertz CT molecular complexity index is 1140. The summed E-state index contributed by atoms with van der Waals surface area (Å²) in [6, 6.07) is 13.1. The molecule has 0 heterocycles. The first-order valence-electron chi connectivity index (χ1n) is 13.0. The Balaban J connectivity index is 1.47. The van der Waals surface area contributed by atoms with Gasteiger partial charge in [0.05, 0.1) is 6.10 Å². The molecule has 0 atom stereocenters. The Morgan fingerprint density at radius 3 is 1.89 bits per heavy atom. The SMILES string of the molecule is Cc1cc(CCCOC2CCC(C)CC2)cc(C)c1-c1cc(C)c(-c2ccc(F)c(F)c2)c(C)c1. The number of halogens is 2. The lowest BCUT2D eigenvalue weighted by Gasteiger charge is -2.26. The Kier molecular flexibility index (Phi) is 8.06.